The number of nitro groups is 2. The Morgan fingerprint density at radius 2 is 1.42 bits per heavy atom. The van der Waals surface area contributed by atoms with Crippen molar-refractivity contribution in [3.8, 4) is 0 Å². The summed E-state index contributed by atoms with van der Waals surface area (Å²) in [6.07, 6.45) is 6.10. The van der Waals surface area contributed by atoms with E-state index in [-0.39, 0.29) is 41.0 Å². The third-order valence-corrected chi connectivity index (χ3v) is 5.38. The molecule has 4 rings (SSSR count). The summed E-state index contributed by atoms with van der Waals surface area (Å²) in [5.74, 6) is -0.897. The van der Waals surface area contributed by atoms with Gasteiger partial charge in [0.2, 0.25) is 0 Å². The van der Waals surface area contributed by atoms with E-state index in [1.54, 1.807) is 13.8 Å². The largest absolute Gasteiger partial charge is 0.462 e. The molecule has 2 saturated carbocycles. The van der Waals surface area contributed by atoms with Gasteiger partial charge in [0, 0.05) is 11.6 Å². The van der Waals surface area contributed by atoms with Crippen molar-refractivity contribution in [2.24, 2.45) is 0 Å². The Labute approximate surface area is 222 Å². The van der Waals surface area contributed by atoms with Crippen LogP contribution in [0.5, 0.6) is 0 Å². The van der Waals surface area contributed by atoms with Crippen molar-refractivity contribution in [3.05, 3.63) is 66.7 Å². The standard InChI is InChI=1S/C11H12N2O4.C8H7ClN2O4.C3H7BO2/c1-2-17-11(14)8-5-9(7-3-4-7)12-6-10(8)13(15)16;1-2-15-8(12)5-3-7(9)10-4-6(5)11(13)14;5-4(6)3-1-2-3/h5-7H,2-4H2,1H3;3-4H,2H2,1H3;3,5-6H,1-2H2. The van der Waals surface area contributed by atoms with Gasteiger partial charge in [-0.05, 0) is 44.6 Å². The molecule has 2 aromatic rings. The number of aromatic nitrogens is 2. The van der Waals surface area contributed by atoms with Gasteiger partial charge in [0.1, 0.15) is 28.7 Å². The maximum Gasteiger partial charge on any atom is 0.454 e. The highest BCUT2D eigenvalue weighted by molar-refractivity contribution is 6.44. The van der Waals surface area contributed by atoms with Crippen molar-refractivity contribution in [2.75, 3.05) is 13.2 Å². The van der Waals surface area contributed by atoms with Crippen LogP contribution in [0.15, 0.2) is 24.5 Å². The van der Waals surface area contributed by atoms with Crippen LogP contribution in [0.25, 0.3) is 0 Å². The van der Waals surface area contributed by atoms with E-state index in [4.69, 9.17) is 26.4 Å². The zero-order valence-corrected chi connectivity index (χ0v) is 21.4. The molecule has 2 aliphatic rings. The lowest BCUT2D eigenvalue weighted by atomic mass is 9.84. The van der Waals surface area contributed by atoms with Gasteiger partial charge in [-0.25, -0.2) is 14.6 Å². The van der Waals surface area contributed by atoms with Gasteiger partial charge >= 0.3 is 30.4 Å². The van der Waals surface area contributed by atoms with Crippen molar-refractivity contribution < 1.29 is 39.0 Å². The predicted octanol–water partition coefficient (Wildman–Crippen LogP) is 3.49. The molecule has 2 aromatic heterocycles. The monoisotopic (exact) mass is 552 g/mol. The normalized spacial score (nSPS) is 13.6. The maximum atomic E-state index is 11.6. The third kappa shape index (κ3) is 9.32. The number of esters is 2. The summed E-state index contributed by atoms with van der Waals surface area (Å²) in [5, 5.41) is 37.8. The van der Waals surface area contributed by atoms with Gasteiger partial charge in [0.25, 0.3) is 0 Å². The van der Waals surface area contributed by atoms with Gasteiger partial charge in [0.15, 0.2) is 0 Å². The number of nitrogens with zero attached hydrogens (tertiary/aromatic N) is 4. The molecule has 0 spiro atoms. The maximum absolute atomic E-state index is 11.6. The van der Waals surface area contributed by atoms with E-state index in [9.17, 15) is 29.8 Å². The van der Waals surface area contributed by atoms with Crippen molar-refractivity contribution >= 4 is 42.0 Å². The second kappa shape index (κ2) is 14.3. The highest BCUT2D eigenvalue weighted by atomic mass is 35.5. The third-order valence-electron chi connectivity index (χ3n) is 5.18. The molecule has 204 valence electrons. The molecule has 0 saturated heterocycles. The van der Waals surface area contributed by atoms with Crippen molar-refractivity contribution in [1.82, 2.24) is 9.97 Å². The Balaban J connectivity index is 0.000000221. The molecule has 2 heterocycles. The Bertz CT molecular complexity index is 1170. The van der Waals surface area contributed by atoms with Crippen LogP contribution in [-0.2, 0) is 9.47 Å². The molecular formula is C22H26BClN4O10. The molecule has 14 nitrogen and oxygen atoms in total. The van der Waals surface area contributed by atoms with Crippen LogP contribution >= 0.6 is 11.6 Å². The number of halogens is 1. The van der Waals surface area contributed by atoms with Gasteiger partial charge in [-0.3, -0.25) is 25.2 Å². The number of carbonyl (C=O) groups excluding carboxylic acids is 2. The number of ether oxygens (including phenoxy) is 2. The molecule has 0 aliphatic heterocycles. The Kier molecular flexibility index (Phi) is 11.5. The quantitative estimate of drug-likeness (QED) is 0.159. The molecule has 2 N–H and O–H groups in total. The molecular weight excluding hydrogens is 527 g/mol. The van der Waals surface area contributed by atoms with E-state index in [0.29, 0.717) is 5.92 Å². The zero-order chi connectivity index (χ0) is 28.4. The van der Waals surface area contributed by atoms with Gasteiger partial charge < -0.3 is 19.5 Å². The second-order valence-electron chi connectivity index (χ2n) is 8.13. The Hall–Kier alpha value is -3.69. The number of carbonyl (C=O) groups is 2. The minimum absolute atomic E-state index is 0.00338. The summed E-state index contributed by atoms with van der Waals surface area (Å²) in [5.41, 5.74) is -0.181. The smallest absolute Gasteiger partial charge is 0.454 e. The summed E-state index contributed by atoms with van der Waals surface area (Å²) >= 11 is 5.52. The molecule has 0 bridgehead atoms. The Morgan fingerprint density at radius 3 is 1.79 bits per heavy atom. The van der Waals surface area contributed by atoms with Gasteiger partial charge in [-0.2, -0.15) is 0 Å². The van der Waals surface area contributed by atoms with Crippen LogP contribution in [0.3, 0.4) is 0 Å². The summed E-state index contributed by atoms with van der Waals surface area (Å²) in [4.78, 5) is 50.5. The van der Waals surface area contributed by atoms with E-state index in [1.807, 2.05) is 0 Å². The number of hydrogen-bond donors (Lipinski definition) is 2. The fraction of sp³-hybridized carbons (Fsp3) is 0.455. The lowest BCUT2D eigenvalue weighted by Gasteiger charge is -2.04. The molecule has 0 unspecified atom stereocenters. The zero-order valence-electron chi connectivity index (χ0n) is 20.6. The highest BCUT2D eigenvalue weighted by Gasteiger charge is 2.33. The van der Waals surface area contributed by atoms with Crippen LogP contribution in [0, 0.1) is 20.2 Å². The first kappa shape index (κ1) is 30.5. The van der Waals surface area contributed by atoms with Crippen molar-refractivity contribution in [3.63, 3.8) is 0 Å². The molecule has 0 amide bonds. The Morgan fingerprint density at radius 1 is 0.947 bits per heavy atom. The SMILES string of the molecule is CCOC(=O)c1cc(C2CC2)ncc1[N+](=O)[O-].CCOC(=O)c1cc(Cl)ncc1[N+](=O)[O-].OB(O)C1CC1. The van der Waals surface area contributed by atoms with Gasteiger partial charge in [0.05, 0.1) is 23.1 Å². The number of rotatable bonds is 8. The van der Waals surface area contributed by atoms with E-state index in [2.05, 4.69) is 14.7 Å². The van der Waals surface area contributed by atoms with Gasteiger partial charge in [-0.15, -0.1) is 0 Å². The predicted molar refractivity (Wildman–Crippen MR) is 134 cm³/mol. The van der Waals surface area contributed by atoms with Gasteiger partial charge in [-0.1, -0.05) is 24.4 Å². The van der Waals surface area contributed by atoms with E-state index < -0.39 is 34.6 Å². The molecule has 38 heavy (non-hydrogen) atoms. The van der Waals surface area contributed by atoms with Crippen LogP contribution < -0.4 is 0 Å². The van der Waals surface area contributed by atoms with Crippen molar-refractivity contribution in [2.45, 2.75) is 51.3 Å². The van der Waals surface area contributed by atoms with Crippen molar-refractivity contribution in [1.29, 1.82) is 0 Å². The number of pyridine rings is 2. The van der Waals surface area contributed by atoms with Crippen LogP contribution in [0.4, 0.5) is 11.4 Å². The van der Waals surface area contributed by atoms with E-state index >= 15 is 0 Å². The van der Waals surface area contributed by atoms with Crippen LogP contribution in [0.2, 0.25) is 11.0 Å². The van der Waals surface area contributed by atoms with Crippen LogP contribution in [-0.4, -0.2) is 62.1 Å². The van der Waals surface area contributed by atoms with Crippen LogP contribution in [0.1, 0.15) is 71.9 Å². The fourth-order valence-corrected chi connectivity index (χ4v) is 3.08. The molecule has 2 aliphatic carbocycles. The average Bonchev–Trinajstić information content (AvgIpc) is 3.77. The van der Waals surface area contributed by atoms with E-state index in [1.165, 1.54) is 6.07 Å². The number of hydrogen-bond acceptors (Lipinski definition) is 12. The fourth-order valence-electron chi connectivity index (χ4n) is 2.92. The lowest BCUT2D eigenvalue weighted by molar-refractivity contribution is -0.385. The lowest BCUT2D eigenvalue weighted by Crippen LogP contribution is -2.09. The molecule has 0 aromatic carbocycles. The summed E-state index contributed by atoms with van der Waals surface area (Å²) in [6, 6.07) is 2.59. The van der Waals surface area contributed by atoms with E-state index in [0.717, 1.165) is 49.8 Å². The molecule has 0 atom stereocenters. The minimum Gasteiger partial charge on any atom is -0.462 e. The molecule has 0 radical (unpaired) electrons. The summed E-state index contributed by atoms with van der Waals surface area (Å²) in [7, 11) is -1.04. The highest BCUT2D eigenvalue weighted by Crippen LogP contribution is 2.40. The second-order valence-corrected chi connectivity index (χ2v) is 8.52. The minimum atomic E-state index is -1.04. The molecule has 16 heteroatoms. The first-order valence-electron chi connectivity index (χ1n) is 11.6. The topological polar surface area (TPSA) is 205 Å². The molecule has 2 fully saturated rings. The first-order chi connectivity index (χ1) is 18.0. The first-order valence-corrected chi connectivity index (χ1v) is 12.0. The average molecular weight is 553 g/mol. The summed E-state index contributed by atoms with van der Waals surface area (Å²) < 4.78 is 9.45. The summed E-state index contributed by atoms with van der Waals surface area (Å²) in [6.45, 7) is 3.59.